The average molecular weight is 471 g/mol. The van der Waals surface area contributed by atoms with Crippen LogP contribution in [0.3, 0.4) is 0 Å². The lowest BCUT2D eigenvalue weighted by atomic mass is 10.0. The van der Waals surface area contributed by atoms with E-state index in [0.717, 1.165) is 49.6 Å². The number of hydrogen-bond donors (Lipinski definition) is 0. The molecule has 0 amide bonds. The Morgan fingerprint density at radius 2 is 1.89 bits per heavy atom. The lowest BCUT2D eigenvalue weighted by Gasteiger charge is -2.38. The summed E-state index contributed by atoms with van der Waals surface area (Å²) < 4.78 is 16.9. The first kappa shape index (κ1) is 23.4. The van der Waals surface area contributed by atoms with Crippen molar-refractivity contribution >= 4 is 0 Å². The smallest absolute Gasteiger partial charge is 0.137 e. The molecular formula is C28H30N4O3. The predicted molar refractivity (Wildman–Crippen MR) is 132 cm³/mol. The topological polar surface area (TPSA) is 80.5 Å². The molecule has 180 valence electrons. The van der Waals surface area contributed by atoms with Gasteiger partial charge in [0.05, 0.1) is 30.6 Å². The molecule has 3 heterocycles. The van der Waals surface area contributed by atoms with E-state index in [9.17, 15) is 5.26 Å². The van der Waals surface area contributed by atoms with Gasteiger partial charge in [-0.1, -0.05) is 24.3 Å². The van der Waals surface area contributed by atoms with Crippen molar-refractivity contribution in [3.63, 3.8) is 0 Å². The fourth-order valence-corrected chi connectivity index (χ4v) is 4.58. The van der Waals surface area contributed by atoms with E-state index in [4.69, 9.17) is 19.2 Å². The van der Waals surface area contributed by atoms with E-state index in [2.05, 4.69) is 40.2 Å². The highest BCUT2D eigenvalue weighted by molar-refractivity contribution is 5.64. The first-order chi connectivity index (χ1) is 17.2. The monoisotopic (exact) mass is 470 g/mol. The third kappa shape index (κ3) is 5.85. The Morgan fingerprint density at radius 3 is 2.69 bits per heavy atom. The molecule has 7 nitrogen and oxygen atoms in total. The SMILES string of the molecule is COC1CN(Cc2cccc(Cc3nccc(-c4ccc(OC5CCOCC5)c(C#N)c4)n3)c2)C1. The molecule has 2 saturated heterocycles. The van der Waals surface area contributed by atoms with Gasteiger partial charge in [-0.25, -0.2) is 9.97 Å². The zero-order chi connectivity index (χ0) is 24.0. The standard InChI is InChI=1S/C28H30N4O3/c1-33-25-18-32(19-25)17-21-4-2-3-20(13-21)14-28-30-10-7-26(31-28)22-5-6-27(23(15-22)16-29)35-24-8-11-34-12-9-24/h2-7,10,13,15,24-25H,8-9,11-12,14,17-19H2,1H3. The molecule has 0 N–H and O–H groups in total. The first-order valence-corrected chi connectivity index (χ1v) is 12.1. The molecule has 0 bridgehead atoms. The fraction of sp³-hybridized carbons (Fsp3) is 0.393. The Labute approximate surface area is 206 Å². The molecule has 2 aliphatic heterocycles. The van der Waals surface area contributed by atoms with E-state index in [1.807, 2.05) is 24.3 Å². The molecule has 3 aromatic rings. The van der Waals surface area contributed by atoms with Crippen molar-refractivity contribution in [1.29, 1.82) is 5.26 Å². The van der Waals surface area contributed by atoms with Crippen LogP contribution in [0, 0.1) is 11.3 Å². The minimum atomic E-state index is 0.0885. The van der Waals surface area contributed by atoms with Gasteiger partial charge in [-0.3, -0.25) is 4.90 Å². The van der Waals surface area contributed by atoms with Crippen LogP contribution in [-0.4, -0.2) is 60.5 Å². The van der Waals surface area contributed by atoms with Crippen LogP contribution in [0.1, 0.15) is 35.4 Å². The van der Waals surface area contributed by atoms with Gasteiger partial charge in [-0.2, -0.15) is 5.26 Å². The number of nitriles is 1. The molecule has 35 heavy (non-hydrogen) atoms. The second-order valence-electron chi connectivity index (χ2n) is 9.16. The minimum Gasteiger partial charge on any atom is -0.489 e. The van der Waals surface area contributed by atoms with Gasteiger partial charge in [0.15, 0.2) is 0 Å². The Balaban J connectivity index is 1.27. The number of aromatic nitrogens is 2. The number of benzene rings is 2. The van der Waals surface area contributed by atoms with Crippen LogP contribution < -0.4 is 4.74 Å². The van der Waals surface area contributed by atoms with Gasteiger partial charge < -0.3 is 14.2 Å². The van der Waals surface area contributed by atoms with Crippen LogP contribution >= 0.6 is 0 Å². The van der Waals surface area contributed by atoms with E-state index in [0.29, 0.717) is 37.1 Å². The van der Waals surface area contributed by atoms with Crippen LogP contribution in [-0.2, 0) is 22.4 Å². The summed E-state index contributed by atoms with van der Waals surface area (Å²) in [5, 5.41) is 9.71. The van der Waals surface area contributed by atoms with E-state index >= 15 is 0 Å². The molecule has 1 aromatic heterocycles. The van der Waals surface area contributed by atoms with Crippen LogP contribution in [0.15, 0.2) is 54.7 Å². The number of nitrogens with zero attached hydrogens (tertiary/aromatic N) is 4. The zero-order valence-corrected chi connectivity index (χ0v) is 20.0. The summed E-state index contributed by atoms with van der Waals surface area (Å²) in [5.74, 6) is 1.37. The number of rotatable bonds is 8. The Hall–Kier alpha value is -3.31. The molecule has 0 saturated carbocycles. The van der Waals surface area contributed by atoms with E-state index in [1.54, 1.807) is 13.3 Å². The Bertz CT molecular complexity index is 1200. The maximum Gasteiger partial charge on any atom is 0.137 e. The molecule has 0 spiro atoms. The summed E-state index contributed by atoms with van der Waals surface area (Å²) in [6.07, 6.45) is 4.57. The maximum absolute atomic E-state index is 9.71. The average Bonchev–Trinajstić information content (AvgIpc) is 2.87. The summed E-state index contributed by atoms with van der Waals surface area (Å²) in [4.78, 5) is 11.7. The molecule has 0 aliphatic carbocycles. The van der Waals surface area contributed by atoms with Gasteiger partial charge in [0.1, 0.15) is 23.7 Å². The lowest BCUT2D eigenvalue weighted by molar-refractivity contribution is -0.0334. The highest BCUT2D eigenvalue weighted by Crippen LogP contribution is 2.28. The molecule has 5 rings (SSSR count). The number of hydrogen-bond acceptors (Lipinski definition) is 7. The van der Waals surface area contributed by atoms with Gasteiger partial charge in [0.2, 0.25) is 0 Å². The summed E-state index contributed by atoms with van der Waals surface area (Å²) in [6.45, 7) is 4.28. The normalized spacial score (nSPS) is 17.0. The maximum atomic E-state index is 9.71. The highest BCUT2D eigenvalue weighted by Gasteiger charge is 2.26. The lowest BCUT2D eigenvalue weighted by Crippen LogP contribution is -2.50. The second-order valence-corrected chi connectivity index (χ2v) is 9.16. The molecule has 7 heteroatoms. The molecule has 2 aliphatic rings. The molecule has 2 aromatic carbocycles. The van der Waals surface area contributed by atoms with E-state index in [1.165, 1.54) is 11.1 Å². The third-order valence-electron chi connectivity index (χ3n) is 6.58. The summed E-state index contributed by atoms with van der Waals surface area (Å²) in [6, 6.07) is 18.4. The van der Waals surface area contributed by atoms with Gasteiger partial charge in [-0.15, -0.1) is 0 Å². The molecule has 2 fully saturated rings. The Kier molecular flexibility index (Phi) is 7.34. The van der Waals surface area contributed by atoms with Crippen molar-refractivity contribution in [3.8, 4) is 23.1 Å². The summed E-state index contributed by atoms with van der Waals surface area (Å²) >= 11 is 0. The van der Waals surface area contributed by atoms with E-state index in [-0.39, 0.29) is 6.10 Å². The molecule has 0 atom stereocenters. The molecule has 0 radical (unpaired) electrons. The van der Waals surface area contributed by atoms with Crippen molar-refractivity contribution in [2.45, 2.75) is 38.0 Å². The van der Waals surface area contributed by atoms with E-state index < -0.39 is 0 Å². The van der Waals surface area contributed by atoms with Gasteiger partial charge in [-0.05, 0) is 35.4 Å². The summed E-state index contributed by atoms with van der Waals surface area (Å²) in [7, 11) is 1.77. The molecular weight excluding hydrogens is 440 g/mol. The largest absolute Gasteiger partial charge is 0.489 e. The van der Waals surface area contributed by atoms with Gasteiger partial charge >= 0.3 is 0 Å². The van der Waals surface area contributed by atoms with Crippen molar-refractivity contribution in [1.82, 2.24) is 14.9 Å². The summed E-state index contributed by atoms with van der Waals surface area (Å²) in [5.41, 5.74) is 4.66. The van der Waals surface area contributed by atoms with Crippen LogP contribution in [0.25, 0.3) is 11.3 Å². The third-order valence-corrected chi connectivity index (χ3v) is 6.58. The second kappa shape index (κ2) is 11.0. The van der Waals surface area contributed by atoms with Crippen molar-refractivity contribution in [2.75, 3.05) is 33.4 Å². The zero-order valence-electron chi connectivity index (χ0n) is 20.0. The van der Waals surface area contributed by atoms with Crippen LogP contribution in [0.2, 0.25) is 0 Å². The van der Waals surface area contributed by atoms with Crippen molar-refractivity contribution in [3.05, 3.63) is 77.2 Å². The minimum absolute atomic E-state index is 0.0885. The fourth-order valence-electron chi connectivity index (χ4n) is 4.58. The predicted octanol–water partition coefficient (Wildman–Crippen LogP) is 3.99. The highest BCUT2D eigenvalue weighted by atomic mass is 16.5. The number of ether oxygens (including phenoxy) is 3. The number of methoxy groups -OCH3 is 1. The quantitative estimate of drug-likeness (QED) is 0.492. The number of likely N-dealkylation sites (tertiary alicyclic amines) is 1. The van der Waals surface area contributed by atoms with Gasteiger partial charge in [0.25, 0.3) is 0 Å². The van der Waals surface area contributed by atoms with Crippen molar-refractivity contribution in [2.24, 2.45) is 0 Å². The van der Waals surface area contributed by atoms with Crippen LogP contribution in [0.5, 0.6) is 5.75 Å². The first-order valence-electron chi connectivity index (χ1n) is 12.1. The van der Waals surface area contributed by atoms with Crippen LogP contribution in [0.4, 0.5) is 0 Å². The van der Waals surface area contributed by atoms with Crippen molar-refractivity contribution < 1.29 is 14.2 Å². The molecule has 0 unspecified atom stereocenters. The van der Waals surface area contributed by atoms with Gasteiger partial charge in [0, 0.05) is 57.8 Å². The Morgan fingerprint density at radius 1 is 1.06 bits per heavy atom.